The van der Waals surface area contributed by atoms with E-state index in [0.717, 1.165) is 4.47 Å². The van der Waals surface area contributed by atoms with Crippen molar-refractivity contribution in [1.29, 1.82) is 0 Å². The third-order valence-electron chi connectivity index (χ3n) is 2.12. The van der Waals surface area contributed by atoms with Crippen molar-refractivity contribution in [3.63, 3.8) is 0 Å². The molecule has 0 spiro atoms. The van der Waals surface area contributed by atoms with Gasteiger partial charge in [-0.3, -0.25) is 0 Å². The highest BCUT2D eigenvalue weighted by molar-refractivity contribution is 9.10. The summed E-state index contributed by atoms with van der Waals surface area (Å²) in [6.45, 7) is 4.98. The average molecular weight is 228 g/mol. The lowest BCUT2D eigenvalue weighted by Gasteiger charge is -2.12. The topological polar surface area (TPSA) is 26.0 Å². The first-order valence-electron chi connectivity index (χ1n) is 4.11. The quantitative estimate of drug-likeness (QED) is 0.827. The maximum absolute atomic E-state index is 5.60. The number of aryl methyl sites for hydroxylation is 1. The molecule has 2 N–H and O–H groups in total. The molecule has 0 aliphatic carbocycles. The van der Waals surface area contributed by atoms with Gasteiger partial charge < -0.3 is 5.73 Å². The van der Waals surface area contributed by atoms with Gasteiger partial charge in [0.25, 0.3) is 0 Å². The van der Waals surface area contributed by atoms with Crippen molar-refractivity contribution >= 4 is 15.9 Å². The fourth-order valence-electron chi connectivity index (χ4n) is 1.32. The summed E-state index contributed by atoms with van der Waals surface area (Å²) in [6, 6.07) is 6.33. The van der Waals surface area contributed by atoms with Crippen LogP contribution in [0.3, 0.4) is 0 Å². The minimum atomic E-state index is 0.457. The van der Waals surface area contributed by atoms with E-state index >= 15 is 0 Å². The van der Waals surface area contributed by atoms with Gasteiger partial charge in [0.2, 0.25) is 0 Å². The Morgan fingerprint density at radius 2 is 2.17 bits per heavy atom. The van der Waals surface area contributed by atoms with Gasteiger partial charge in [-0.15, -0.1) is 0 Å². The second kappa shape index (κ2) is 4.06. The standard InChI is InChI=1S/C10H14BrN/c1-7-5-9(11)3-4-10(7)8(2)6-12/h3-5,8H,6,12H2,1-2H3. The van der Waals surface area contributed by atoms with Gasteiger partial charge >= 0.3 is 0 Å². The third-order valence-corrected chi connectivity index (χ3v) is 2.61. The summed E-state index contributed by atoms with van der Waals surface area (Å²) in [4.78, 5) is 0. The molecule has 0 radical (unpaired) electrons. The van der Waals surface area contributed by atoms with Crippen LogP contribution in [0.2, 0.25) is 0 Å². The molecule has 1 rings (SSSR count). The fraction of sp³-hybridized carbons (Fsp3) is 0.400. The van der Waals surface area contributed by atoms with Crippen LogP contribution in [0.15, 0.2) is 22.7 Å². The van der Waals surface area contributed by atoms with Gasteiger partial charge in [-0.1, -0.05) is 28.9 Å². The Morgan fingerprint density at radius 3 is 2.67 bits per heavy atom. The third kappa shape index (κ3) is 2.08. The van der Waals surface area contributed by atoms with Crippen molar-refractivity contribution in [2.75, 3.05) is 6.54 Å². The Hall–Kier alpha value is -0.340. The summed E-state index contributed by atoms with van der Waals surface area (Å²) in [7, 11) is 0. The van der Waals surface area contributed by atoms with Crippen LogP contribution in [-0.4, -0.2) is 6.54 Å². The maximum atomic E-state index is 5.60. The fourth-order valence-corrected chi connectivity index (χ4v) is 1.79. The summed E-state index contributed by atoms with van der Waals surface area (Å²) >= 11 is 3.44. The van der Waals surface area contributed by atoms with E-state index < -0.39 is 0 Å². The van der Waals surface area contributed by atoms with Gasteiger partial charge in [0.15, 0.2) is 0 Å². The SMILES string of the molecule is Cc1cc(Br)ccc1C(C)CN. The normalized spacial score (nSPS) is 13.0. The molecule has 0 amide bonds. The second-order valence-electron chi connectivity index (χ2n) is 3.14. The number of rotatable bonds is 2. The zero-order chi connectivity index (χ0) is 9.14. The average Bonchev–Trinajstić information content (AvgIpc) is 2.03. The smallest absolute Gasteiger partial charge is 0.0178 e. The monoisotopic (exact) mass is 227 g/mol. The number of benzene rings is 1. The van der Waals surface area contributed by atoms with Gasteiger partial charge in [0.05, 0.1) is 0 Å². The Morgan fingerprint density at radius 1 is 1.50 bits per heavy atom. The van der Waals surface area contributed by atoms with Crippen LogP contribution in [0.25, 0.3) is 0 Å². The van der Waals surface area contributed by atoms with Crippen LogP contribution in [0.5, 0.6) is 0 Å². The Balaban J connectivity index is 3.01. The molecule has 0 aliphatic rings. The lowest BCUT2D eigenvalue weighted by Crippen LogP contribution is -2.09. The molecule has 2 heteroatoms. The molecule has 0 aromatic heterocycles. The van der Waals surface area contributed by atoms with E-state index in [9.17, 15) is 0 Å². The van der Waals surface area contributed by atoms with Crippen LogP contribution < -0.4 is 5.73 Å². The van der Waals surface area contributed by atoms with Crippen LogP contribution in [0, 0.1) is 6.92 Å². The van der Waals surface area contributed by atoms with E-state index in [4.69, 9.17) is 5.73 Å². The van der Waals surface area contributed by atoms with E-state index in [1.807, 2.05) is 0 Å². The lowest BCUT2D eigenvalue weighted by atomic mass is 9.97. The highest BCUT2D eigenvalue weighted by atomic mass is 79.9. The van der Waals surface area contributed by atoms with Gasteiger partial charge in [-0.25, -0.2) is 0 Å². The zero-order valence-corrected chi connectivity index (χ0v) is 9.06. The van der Waals surface area contributed by atoms with Crippen LogP contribution in [0.4, 0.5) is 0 Å². The first-order chi connectivity index (χ1) is 5.65. The minimum Gasteiger partial charge on any atom is -0.330 e. The van der Waals surface area contributed by atoms with Crippen molar-refractivity contribution in [2.24, 2.45) is 5.73 Å². The molecule has 1 aromatic rings. The summed E-state index contributed by atoms with van der Waals surface area (Å²) < 4.78 is 1.13. The molecule has 1 atom stereocenters. The summed E-state index contributed by atoms with van der Waals surface area (Å²) in [5, 5.41) is 0. The molecule has 1 unspecified atom stereocenters. The highest BCUT2D eigenvalue weighted by Gasteiger charge is 2.05. The van der Waals surface area contributed by atoms with Gasteiger partial charge in [0, 0.05) is 4.47 Å². The Bertz CT molecular complexity index is 271. The van der Waals surface area contributed by atoms with Crippen molar-refractivity contribution in [1.82, 2.24) is 0 Å². The van der Waals surface area contributed by atoms with Crippen LogP contribution in [-0.2, 0) is 0 Å². The summed E-state index contributed by atoms with van der Waals surface area (Å²) in [6.07, 6.45) is 0. The molecule has 0 aliphatic heterocycles. The second-order valence-corrected chi connectivity index (χ2v) is 4.05. The first-order valence-corrected chi connectivity index (χ1v) is 4.90. The summed E-state index contributed by atoms with van der Waals surface area (Å²) in [5.74, 6) is 0.457. The van der Waals surface area contributed by atoms with Crippen molar-refractivity contribution in [2.45, 2.75) is 19.8 Å². The lowest BCUT2D eigenvalue weighted by molar-refractivity contribution is 0.768. The van der Waals surface area contributed by atoms with Gasteiger partial charge in [0.1, 0.15) is 0 Å². The molecule has 0 bridgehead atoms. The van der Waals surface area contributed by atoms with Crippen molar-refractivity contribution < 1.29 is 0 Å². The highest BCUT2D eigenvalue weighted by Crippen LogP contribution is 2.21. The first kappa shape index (κ1) is 9.75. The van der Waals surface area contributed by atoms with E-state index in [2.05, 4.69) is 48.0 Å². The van der Waals surface area contributed by atoms with Gasteiger partial charge in [-0.2, -0.15) is 0 Å². The predicted octanol–water partition coefficient (Wildman–Crippen LogP) is 2.82. The van der Waals surface area contributed by atoms with Crippen molar-refractivity contribution in [3.05, 3.63) is 33.8 Å². The maximum Gasteiger partial charge on any atom is 0.0178 e. The van der Waals surface area contributed by atoms with Crippen molar-refractivity contribution in [3.8, 4) is 0 Å². The van der Waals surface area contributed by atoms with E-state index in [1.54, 1.807) is 0 Å². The zero-order valence-electron chi connectivity index (χ0n) is 7.47. The molecule has 1 aromatic carbocycles. The molecule has 12 heavy (non-hydrogen) atoms. The Labute approximate surface area is 82.1 Å². The Kier molecular flexibility index (Phi) is 3.29. The number of nitrogens with two attached hydrogens (primary N) is 1. The van der Waals surface area contributed by atoms with Gasteiger partial charge in [-0.05, 0) is 42.6 Å². The number of hydrogen-bond acceptors (Lipinski definition) is 1. The number of hydrogen-bond donors (Lipinski definition) is 1. The molecular weight excluding hydrogens is 214 g/mol. The van der Waals surface area contributed by atoms with Crippen LogP contribution >= 0.6 is 15.9 Å². The molecule has 1 nitrogen and oxygen atoms in total. The summed E-state index contributed by atoms with van der Waals surface area (Å²) in [5.41, 5.74) is 8.25. The molecular formula is C10H14BrN. The minimum absolute atomic E-state index is 0.457. The van der Waals surface area contributed by atoms with Crippen LogP contribution in [0.1, 0.15) is 24.0 Å². The molecule has 0 fully saturated rings. The molecule has 0 saturated heterocycles. The largest absolute Gasteiger partial charge is 0.330 e. The molecule has 66 valence electrons. The molecule has 0 saturated carbocycles. The predicted molar refractivity (Wildman–Crippen MR) is 56.3 cm³/mol. The van der Waals surface area contributed by atoms with E-state index in [0.29, 0.717) is 12.5 Å². The van der Waals surface area contributed by atoms with E-state index in [-0.39, 0.29) is 0 Å². The van der Waals surface area contributed by atoms with E-state index in [1.165, 1.54) is 11.1 Å². The molecule has 0 heterocycles. The number of halogens is 1.